The van der Waals surface area contributed by atoms with Gasteiger partial charge in [0.05, 0.1) is 25.9 Å². The predicted molar refractivity (Wildman–Crippen MR) is 120 cm³/mol. The van der Waals surface area contributed by atoms with E-state index in [9.17, 15) is 5.11 Å². The lowest BCUT2D eigenvalue weighted by Gasteiger charge is -2.30. The highest BCUT2D eigenvalue weighted by atomic mass is 16.5. The summed E-state index contributed by atoms with van der Waals surface area (Å²) < 4.78 is 11.1. The summed E-state index contributed by atoms with van der Waals surface area (Å²) in [6.07, 6.45) is 2.62. The van der Waals surface area contributed by atoms with Gasteiger partial charge in [-0.3, -0.25) is 9.89 Å². The van der Waals surface area contributed by atoms with Crippen LogP contribution in [0.3, 0.4) is 0 Å². The van der Waals surface area contributed by atoms with Crippen molar-refractivity contribution in [1.29, 1.82) is 0 Å². The molecule has 1 fully saturated rings. The molecule has 0 saturated carbocycles. The van der Waals surface area contributed by atoms with Gasteiger partial charge in [-0.15, -0.1) is 0 Å². The quantitative estimate of drug-likeness (QED) is 0.287. The fourth-order valence-electron chi connectivity index (χ4n) is 3.95. The zero-order chi connectivity index (χ0) is 21.0. The SMILES string of the molecule is CCNC(=NCC(O)CN1CCc2ccccc2C1)NCCCOCC1CCOC1. The van der Waals surface area contributed by atoms with E-state index in [0.717, 1.165) is 77.8 Å². The molecule has 0 amide bonds. The first-order valence-electron chi connectivity index (χ1n) is 11.4. The number of guanidine groups is 1. The van der Waals surface area contributed by atoms with Gasteiger partial charge in [0, 0.05) is 51.9 Å². The lowest BCUT2D eigenvalue weighted by molar-refractivity contribution is 0.0887. The Morgan fingerprint density at radius 3 is 3.00 bits per heavy atom. The molecule has 7 nitrogen and oxygen atoms in total. The van der Waals surface area contributed by atoms with E-state index in [2.05, 4.69) is 44.8 Å². The Labute approximate surface area is 180 Å². The van der Waals surface area contributed by atoms with Gasteiger partial charge in [-0.05, 0) is 37.3 Å². The second-order valence-electron chi connectivity index (χ2n) is 8.21. The largest absolute Gasteiger partial charge is 0.390 e. The minimum absolute atomic E-state index is 0.395. The molecular formula is C23H38N4O3. The second kappa shape index (κ2) is 12.9. The summed E-state index contributed by atoms with van der Waals surface area (Å²) in [5.41, 5.74) is 2.80. The number of aliphatic imine (C=N–C) groups is 1. The normalized spacial score (nSPS) is 20.7. The number of β-amino-alcohol motifs (C(OH)–C–C–N with tert-alkyl or cyclic N) is 1. The summed E-state index contributed by atoms with van der Waals surface area (Å²) in [5, 5.41) is 17.1. The first-order chi connectivity index (χ1) is 14.7. The number of aliphatic hydroxyl groups is 1. The molecule has 1 aromatic carbocycles. The molecule has 1 saturated heterocycles. The van der Waals surface area contributed by atoms with E-state index in [4.69, 9.17) is 9.47 Å². The van der Waals surface area contributed by atoms with Crippen molar-refractivity contribution in [1.82, 2.24) is 15.5 Å². The molecule has 30 heavy (non-hydrogen) atoms. The van der Waals surface area contributed by atoms with Gasteiger partial charge < -0.3 is 25.2 Å². The summed E-state index contributed by atoms with van der Waals surface area (Å²) in [7, 11) is 0. The number of benzene rings is 1. The van der Waals surface area contributed by atoms with Crippen LogP contribution in [0.4, 0.5) is 0 Å². The molecule has 2 aliphatic heterocycles. The van der Waals surface area contributed by atoms with Gasteiger partial charge in [0.25, 0.3) is 0 Å². The molecule has 2 atom stereocenters. The summed E-state index contributed by atoms with van der Waals surface area (Å²) >= 11 is 0. The van der Waals surface area contributed by atoms with Crippen molar-refractivity contribution < 1.29 is 14.6 Å². The van der Waals surface area contributed by atoms with E-state index in [1.54, 1.807) is 0 Å². The molecule has 0 bridgehead atoms. The van der Waals surface area contributed by atoms with Gasteiger partial charge in [-0.2, -0.15) is 0 Å². The van der Waals surface area contributed by atoms with Gasteiger partial charge in [-0.25, -0.2) is 0 Å². The molecule has 2 aliphatic rings. The molecule has 0 aliphatic carbocycles. The Morgan fingerprint density at radius 2 is 2.20 bits per heavy atom. The maximum absolute atomic E-state index is 10.5. The Kier molecular flexibility index (Phi) is 9.89. The van der Waals surface area contributed by atoms with Crippen LogP contribution in [0.1, 0.15) is 30.9 Å². The third kappa shape index (κ3) is 7.87. The molecule has 2 heterocycles. The van der Waals surface area contributed by atoms with Crippen molar-refractivity contribution >= 4 is 5.96 Å². The topological polar surface area (TPSA) is 78.4 Å². The van der Waals surface area contributed by atoms with Crippen LogP contribution < -0.4 is 10.6 Å². The molecule has 168 valence electrons. The molecule has 2 unspecified atom stereocenters. The highest BCUT2D eigenvalue weighted by Crippen LogP contribution is 2.18. The molecule has 3 N–H and O–H groups in total. The monoisotopic (exact) mass is 418 g/mol. The lowest BCUT2D eigenvalue weighted by Crippen LogP contribution is -2.40. The van der Waals surface area contributed by atoms with Gasteiger partial charge >= 0.3 is 0 Å². The molecule has 3 rings (SSSR count). The third-order valence-corrected chi connectivity index (χ3v) is 5.62. The molecule has 0 aromatic heterocycles. The van der Waals surface area contributed by atoms with Crippen molar-refractivity contribution in [2.75, 3.05) is 59.2 Å². The van der Waals surface area contributed by atoms with E-state index >= 15 is 0 Å². The molecular weight excluding hydrogens is 380 g/mol. The lowest BCUT2D eigenvalue weighted by atomic mass is 10.00. The average molecular weight is 419 g/mol. The second-order valence-corrected chi connectivity index (χ2v) is 8.21. The predicted octanol–water partition coefficient (Wildman–Crippen LogP) is 1.40. The van der Waals surface area contributed by atoms with Crippen molar-refractivity contribution in [2.45, 2.75) is 38.8 Å². The zero-order valence-electron chi connectivity index (χ0n) is 18.3. The fraction of sp³-hybridized carbons (Fsp3) is 0.696. The standard InChI is InChI=1S/C23H38N4O3/c1-2-24-23(25-10-5-12-29-17-19-9-13-30-18-19)26-14-22(28)16-27-11-8-20-6-3-4-7-21(20)15-27/h3-4,6-7,19,22,28H,2,5,8-18H2,1H3,(H2,24,25,26). The number of fused-ring (bicyclic) bond motifs is 1. The number of aliphatic hydroxyl groups excluding tert-OH is 1. The number of hydrogen-bond acceptors (Lipinski definition) is 5. The first-order valence-corrected chi connectivity index (χ1v) is 11.4. The molecule has 0 spiro atoms. The Hall–Kier alpha value is -1.67. The van der Waals surface area contributed by atoms with Crippen LogP contribution in [0, 0.1) is 5.92 Å². The summed E-state index contributed by atoms with van der Waals surface area (Å²) in [4.78, 5) is 6.88. The van der Waals surface area contributed by atoms with Gasteiger partial charge in [0.15, 0.2) is 5.96 Å². The van der Waals surface area contributed by atoms with Crippen LogP contribution in [0.25, 0.3) is 0 Å². The van der Waals surface area contributed by atoms with Crippen molar-refractivity contribution in [3.63, 3.8) is 0 Å². The van der Waals surface area contributed by atoms with E-state index < -0.39 is 6.10 Å². The van der Waals surface area contributed by atoms with Crippen LogP contribution >= 0.6 is 0 Å². The maximum Gasteiger partial charge on any atom is 0.191 e. The van der Waals surface area contributed by atoms with Crippen molar-refractivity contribution in [3.05, 3.63) is 35.4 Å². The van der Waals surface area contributed by atoms with Gasteiger partial charge in [0.2, 0.25) is 0 Å². The van der Waals surface area contributed by atoms with E-state index in [0.29, 0.717) is 19.0 Å². The van der Waals surface area contributed by atoms with Gasteiger partial charge in [-0.1, -0.05) is 24.3 Å². The van der Waals surface area contributed by atoms with E-state index in [1.807, 2.05) is 6.92 Å². The first kappa shape index (κ1) is 23.0. The smallest absolute Gasteiger partial charge is 0.191 e. The van der Waals surface area contributed by atoms with Crippen molar-refractivity contribution in [2.24, 2.45) is 10.9 Å². The fourth-order valence-corrected chi connectivity index (χ4v) is 3.95. The maximum atomic E-state index is 10.5. The average Bonchev–Trinajstić information content (AvgIpc) is 3.28. The summed E-state index contributed by atoms with van der Waals surface area (Å²) in [6.45, 7) is 9.81. The number of nitrogens with zero attached hydrogens (tertiary/aromatic N) is 2. The van der Waals surface area contributed by atoms with E-state index in [1.165, 1.54) is 11.1 Å². The highest BCUT2D eigenvalue weighted by Gasteiger charge is 2.18. The Balaban J connectivity index is 1.32. The third-order valence-electron chi connectivity index (χ3n) is 5.62. The number of ether oxygens (including phenoxy) is 2. The molecule has 0 radical (unpaired) electrons. The van der Waals surface area contributed by atoms with Gasteiger partial charge in [0.1, 0.15) is 0 Å². The Morgan fingerprint density at radius 1 is 1.33 bits per heavy atom. The number of hydrogen-bond donors (Lipinski definition) is 3. The summed E-state index contributed by atoms with van der Waals surface area (Å²) in [6, 6.07) is 8.58. The number of nitrogens with one attached hydrogen (secondary N) is 2. The van der Waals surface area contributed by atoms with Crippen LogP contribution in [0.2, 0.25) is 0 Å². The Bertz CT molecular complexity index is 649. The number of rotatable bonds is 11. The minimum Gasteiger partial charge on any atom is -0.390 e. The van der Waals surface area contributed by atoms with Crippen LogP contribution in [-0.2, 0) is 22.4 Å². The van der Waals surface area contributed by atoms with E-state index in [-0.39, 0.29) is 0 Å². The zero-order valence-corrected chi connectivity index (χ0v) is 18.3. The van der Waals surface area contributed by atoms with Crippen LogP contribution in [-0.4, -0.2) is 81.2 Å². The van der Waals surface area contributed by atoms with Crippen LogP contribution in [0.15, 0.2) is 29.3 Å². The molecule has 1 aromatic rings. The molecule has 7 heteroatoms. The summed E-state index contributed by atoms with van der Waals surface area (Å²) in [5.74, 6) is 1.32. The van der Waals surface area contributed by atoms with Crippen molar-refractivity contribution in [3.8, 4) is 0 Å². The highest BCUT2D eigenvalue weighted by molar-refractivity contribution is 5.79. The minimum atomic E-state index is -0.470. The van der Waals surface area contributed by atoms with Crippen LogP contribution in [0.5, 0.6) is 0 Å².